The largest absolute Gasteiger partial charge is 0.491 e. The fourth-order valence-electron chi connectivity index (χ4n) is 5.75. The van der Waals surface area contributed by atoms with Gasteiger partial charge < -0.3 is 64.6 Å². The van der Waals surface area contributed by atoms with Crippen LogP contribution in [0.3, 0.4) is 0 Å². The molecular formula is C41H54I4N6O11. The summed E-state index contributed by atoms with van der Waals surface area (Å²) in [7, 11) is 0. The highest BCUT2D eigenvalue weighted by Gasteiger charge is 2.19. The van der Waals surface area contributed by atoms with E-state index < -0.39 is 5.97 Å². The van der Waals surface area contributed by atoms with Crippen LogP contribution in [0.4, 0.5) is 0 Å². The number of nitrogens with one attached hydrogen (secondary N) is 2. The first-order valence-corrected chi connectivity index (χ1v) is 23.9. The Balaban J connectivity index is 0.946. The minimum absolute atomic E-state index is 0.0371. The van der Waals surface area contributed by atoms with Crippen LogP contribution in [0.15, 0.2) is 53.3 Å². The summed E-state index contributed by atoms with van der Waals surface area (Å²) in [6.45, 7) is 11.5. The molecule has 7 N–H and O–H groups in total. The van der Waals surface area contributed by atoms with Crippen molar-refractivity contribution >= 4 is 102 Å². The molecule has 0 saturated heterocycles. The Hall–Kier alpha value is -2.22. The topological polar surface area (TPSA) is 212 Å². The smallest absolute Gasteiger partial charge is 0.307 e. The van der Waals surface area contributed by atoms with Crippen molar-refractivity contribution < 1.29 is 52.5 Å². The fraction of sp³-hybridized carbons (Fsp3) is 0.463. The van der Waals surface area contributed by atoms with E-state index >= 15 is 0 Å². The van der Waals surface area contributed by atoms with E-state index in [2.05, 4.69) is 106 Å². The predicted molar refractivity (Wildman–Crippen MR) is 268 cm³/mol. The highest BCUT2D eigenvalue weighted by Crippen LogP contribution is 2.37. The van der Waals surface area contributed by atoms with Gasteiger partial charge in [0, 0.05) is 6.20 Å². The molecule has 0 unspecified atom stereocenters. The lowest BCUT2D eigenvalue weighted by Gasteiger charge is -2.22. The Kier molecular flexibility index (Phi) is 24.8. The van der Waals surface area contributed by atoms with Gasteiger partial charge in [-0.1, -0.05) is 12.1 Å². The number of nitrogens with zero attached hydrogens (tertiary/aromatic N) is 2. The van der Waals surface area contributed by atoms with Gasteiger partial charge in [-0.15, -0.1) is 5.53 Å². The third-order valence-corrected chi connectivity index (χ3v) is 11.7. The number of nitrogens with two attached hydrogens (primary N) is 2. The van der Waals surface area contributed by atoms with Crippen LogP contribution in [0.2, 0.25) is 0 Å². The van der Waals surface area contributed by atoms with Crippen molar-refractivity contribution in [2.75, 3.05) is 99.0 Å². The zero-order valence-corrected chi connectivity index (χ0v) is 43.3. The highest BCUT2D eigenvalue weighted by molar-refractivity contribution is 14.1. The number of ether oxygens (including phenoxy) is 9. The maximum atomic E-state index is 11.2. The molecule has 21 heteroatoms. The van der Waals surface area contributed by atoms with Gasteiger partial charge in [0.1, 0.15) is 30.5 Å². The normalized spacial score (nSPS) is 12.3. The third kappa shape index (κ3) is 19.5. The molecule has 0 atom stereocenters. The molecule has 0 fully saturated rings. The molecule has 1 heterocycles. The second-order valence-corrected chi connectivity index (χ2v) is 18.1. The van der Waals surface area contributed by atoms with Gasteiger partial charge in [-0.3, -0.25) is 9.80 Å². The zero-order chi connectivity index (χ0) is 44.7. The monoisotopic (exact) mass is 1310 g/mol. The number of aryl methyl sites for hydroxylation is 2. The number of hydrazine groups is 2. The number of rotatable bonds is 31. The second-order valence-electron chi connectivity index (χ2n) is 13.4. The quantitative estimate of drug-likeness (QED) is 0.0228. The number of benzene rings is 3. The first kappa shape index (κ1) is 52.4. The lowest BCUT2D eigenvalue weighted by Crippen LogP contribution is -2.40. The number of carboxylic acid groups (broad SMARTS) is 1. The molecular weight excluding hydrogens is 1260 g/mol. The van der Waals surface area contributed by atoms with Gasteiger partial charge in [0.2, 0.25) is 0 Å². The summed E-state index contributed by atoms with van der Waals surface area (Å²) in [6.07, 6.45) is 1.82. The average Bonchev–Trinajstić information content (AvgIpc) is 3.66. The van der Waals surface area contributed by atoms with Crippen molar-refractivity contribution in [3.63, 3.8) is 0 Å². The van der Waals surface area contributed by atoms with Crippen molar-refractivity contribution in [1.29, 1.82) is 0 Å². The summed E-state index contributed by atoms with van der Waals surface area (Å²) in [5.74, 6) is 2.16. The SMILES string of the molecule is Cc1cc(CN=C(N)N)cc(C)c1OCCOCCOCCOCCOCCOCCOCCN1NNC=C1COc1c(I)cc(Oc2c(I)cc(CC(=O)O)cc2I)cc1I. The maximum absolute atomic E-state index is 11.2. The molecule has 4 rings (SSSR count). The molecule has 62 heavy (non-hydrogen) atoms. The molecule has 0 aliphatic carbocycles. The van der Waals surface area contributed by atoms with Gasteiger partial charge in [-0.25, -0.2) is 4.99 Å². The maximum Gasteiger partial charge on any atom is 0.307 e. The van der Waals surface area contributed by atoms with Crippen LogP contribution in [-0.4, -0.2) is 121 Å². The van der Waals surface area contributed by atoms with Crippen molar-refractivity contribution in [2.45, 2.75) is 26.8 Å². The number of carbonyl (C=O) groups is 1. The van der Waals surface area contributed by atoms with Crippen molar-refractivity contribution in [3.8, 4) is 23.0 Å². The standard InChI is InChI=1S/C41H54I4N6O11/c1-27-17-30(24-48-41(46)47)18-28(2)38(27)60-16-15-59-14-13-58-12-11-57-10-9-56-8-7-55-6-5-54-4-3-51-31(25-49-50-51)26-61-39-35(44)22-32(23-36(39)45)62-40-33(42)19-29(20-34(40)43)21-37(52)53/h17-20,22-23,25,49-50H,3-16,21,24,26H2,1-2H3,(H,52,53)(H4,46,47,48). The minimum Gasteiger partial charge on any atom is -0.491 e. The van der Waals surface area contributed by atoms with Crippen LogP contribution < -0.4 is 36.6 Å². The van der Waals surface area contributed by atoms with Gasteiger partial charge in [0.25, 0.3) is 0 Å². The van der Waals surface area contributed by atoms with E-state index in [0.717, 1.165) is 53.7 Å². The van der Waals surface area contributed by atoms with E-state index in [4.69, 9.17) is 59.2 Å². The number of aliphatic imine (C=N–C) groups is 1. The molecule has 0 saturated carbocycles. The highest BCUT2D eigenvalue weighted by atomic mass is 127. The van der Waals surface area contributed by atoms with Crippen LogP contribution in [-0.2, 0) is 46.2 Å². The number of aliphatic carboxylic acids is 1. The number of guanidine groups is 1. The van der Waals surface area contributed by atoms with E-state index in [9.17, 15) is 4.79 Å². The molecule has 17 nitrogen and oxygen atoms in total. The van der Waals surface area contributed by atoms with Gasteiger partial charge in [-0.05, 0) is 151 Å². The Labute approximate surface area is 417 Å². The van der Waals surface area contributed by atoms with E-state index in [1.54, 1.807) is 0 Å². The first-order valence-electron chi connectivity index (χ1n) is 19.6. The van der Waals surface area contributed by atoms with Gasteiger partial charge in [0.05, 0.1) is 119 Å². The van der Waals surface area contributed by atoms with Gasteiger partial charge >= 0.3 is 5.97 Å². The molecule has 3 aromatic rings. The number of hydrogen-bond acceptors (Lipinski definition) is 14. The van der Waals surface area contributed by atoms with Crippen LogP contribution in [0, 0.1) is 28.1 Å². The minimum atomic E-state index is -0.870. The first-order chi connectivity index (χ1) is 29.9. The molecule has 1 aliphatic heterocycles. The van der Waals surface area contributed by atoms with E-state index in [1.165, 1.54) is 0 Å². The predicted octanol–water partition coefficient (Wildman–Crippen LogP) is 5.64. The van der Waals surface area contributed by atoms with E-state index in [-0.39, 0.29) is 12.4 Å². The second kappa shape index (κ2) is 29.3. The lowest BCUT2D eigenvalue weighted by atomic mass is 10.1. The van der Waals surface area contributed by atoms with Crippen LogP contribution >= 0.6 is 90.4 Å². The summed E-state index contributed by atoms with van der Waals surface area (Å²) >= 11 is 8.83. The summed E-state index contributed by atoms with van der Waals surface area (Å²) in [5.41, 5.74) is 21.7. The van der Waals surface area contributed by atoms with E-state index in [0.29, 0.717) is 117 Å². The summed E-state index contributed by atoms with van der Waals surface area (Å²) in [6, 6.07) is 11.6. The fourth-order valence-corrected chi connectivity index (χ4v) is 9.89. The third-order valence-electron chi connectivity index (χ3n) is 8.51. The van der Waals surface area contributed by atoms with Crippen LogP contribution in [0.1, 0.15) is 22.3 Å². The summed E-state index contributed by atoms with van der Waals surface area (Å²) < 4.78 is 55.6. The van der Waals surface area contributed by atoms with Crippen molar-refractivity contribution in [3.05, 3.63) is 84.8 Å². The number of hydrogen-bond donors (Lipinski definition) is 5. The molecule has 0 radical (unpaired) electrons. The van der Waals surface area contributed by atoms with Gasteiger partial charge in [0.15, 0.2) is 11.7 Å². The Morgan fingerprint density at radius 3 is 1.63 bits per heavy atom. The molecule has 0 amide bonds. The molecule has 1 aliphatic rings. The zero-order valence-electron chi connectivity index (χ0n) is 34.7. The molecule has 3 aromatic carbocycles. The number of halogens is 4. The summed E-state index contributed by atoms with van der Waals surface area (Å²) in [5, 5.41) is 11.1. The van der Waals surface area contributed by atoms with Crippen molar-refractivity contribution in [1.82, 2.24) is 16.0 Å². The molecule has 0 spiro atoms. The van der Waals surface area contributed by atoms with Crippen LogP contribution in [0.25, 0.3) is 0 Å². The Bertz CT molecular complexity index is 1870. The summed E-state index contributed by atoms with van der Waals surface area (Å²) in [4.78, 5) is 15.2. The molecule has 342 valence electrons. The van der Waals surface area contributed by atoms with Crippen LogP contribution in [0.5, 0.6) is 23.0 Å². The molecule has 0 aromatic heterocycles. The average molecular weight is 1310 g/mol. The van der Waals surface area contributed by atoms with Gasteiger partial charge in [-0.2, -0.15) is 0 Å². The van der Waals surface area contributed by atoms with E-state index in [1.807, 2.05) is 61.5 Å². The van der Waals surface area contributed by atoms with Crippen molar-refractivity contribution in [2.24, 2.45) is 16.5 Å². The lowest BCUT2D eigenvalue weighted by molar-refractivity contribution is -0.136. The Morgan fingerprint density at radius 1 is 0.645 bits per heavy atom. The molecule has 0 bridgehead atoms. The Morgan fingerprint density at radius 2 is 1.13 bits per heavy atom. The number of carboxylic acids is 1.